The van der Waals surface area contributed by atoms with E-state index in [4.69, 9.17) is 4.74 Å². The maximum atomic E-state index is 11.8. The SMILES string of the molecule is CCCNc1cnc(C(=O)NCCOCC2CC2)cn1. The van der Waals surface area contributed by atoms with Crippen molar-refractivity contribution in [2.24, 2.45) is 5.92 Å². The van der Waals surface area contributed by atoms with Gasteiger partial charge in [-0.1, -0.05) is 6.92 Å². The molecule has 0 radical (unpaired) electrons. The van der Waals surface area contributed by atoms with Crippen LogP contribution in [-0.4, -0.2) is 42.2 Å². The summed E-state index contributed by atoms with van der Waals surface area (Å²) in [4.78, 5) is 20.0. The molecule has 20 heavy (non-hydrogen) atoms. The number of nitrogens with zero attached hydrogens (tertiary/aromatic N) is 2. The fraction of sp³-hybridized carbons (Fsp3) is 0.643. The van der Waals surface area contributed by atoms with Crippen molar-refractivity contribution in [3.05, 3.63) is 18.1 Å². The molecule has 110 valence electrons. The average Bonchev–Trinajstić information content (AvgIpc) is 3.29. The lowest BCUT2D eigenvalue weighted by atomic mass is 10.4. The maximum absolute atomic E-state index is 11.8. The third kappa shape index (κ3) is 5.13. The van der Waals surface area contributed by atoms with E-state index in [-0.39, 0.29) is 5.91 Å². The van der Waals surface area contributed by atoms with E-state index in [9.17, 15) is 4.79 Å². The van der Waals surface area contributed by atoms with Gasteiger partial charge >= 0.3 is 0 Å². The summed E-state index contributed by atoms with van der Waals surface area (Å²) in [5, 5.41) is 5.88. The van der Waals surface area contributed by atoms with Gasteiger partial charge in [0, 0.05) is 19.7 Å². The van der Waals surface area contributed by atoms with E-state index in [0.29, 0.717) is 24.7 Å². The minimum Gasteiger partial charge on any atom is -0.379 e. The third-order valence-corrected chi connectivity index (χ3v) is 3.02. The van der Waals surface area contributed by atoms with E-state index < -0.39 is 0 Å². The Morgan fingerprint density at radius 1 is 1.35 bits per heavy atom. The first kappa shape index (κ1) is 14.7. The molecule has 1 saturated carbocycles. The van der Waals surface area contributed by atoms with Gasteiger partial charge < -0.3 is 15.4 Å². The van der Waals surface area contributed by atoms with Crippen LogP contribution in [0.3, 0.4) is 0 Å². The Morgan fingerprint density at radius 3 is 2.85 bits per heavy atom. The Balaban J connectivity index is 1.65. The van der Waals surface area contributed by atoms with E-state index in [1.807, 2.05) is 0 Å². The molecule has 0 atom stereocenters. The number of aromatic nitrogens is 2. The molecule has 2 rings (SSSR count). The van der Waals surface area contributed by atoms with Crippen LogP contribution in [0.4, 0.5) is 5.82 Å². The van der Waals surface area contributed by atoms with Crippen LogP contribution in [0.25, 0.3) is 0 Å². The van der Waals surface area contributed by atoms with Gasteiger partial charge in [-0.15, -0.1) is 0 Å². The Labute approximate surface area is 119 Å². The number of carbonyl (C=O) groups excluding carboxylic acids is 1. The van der Waals surface area contributed by atoms with Crippen LogP contribution in [-0.2, 0) is 4.74 Å². The van der Waals surface area contributed by atoms with Crippen LogP contribution in [0.2, 0.25) is 0 Å². The maximum Gasteiger partial charge on any atom is 0.271 e. The van der Waals surface area contributed by atoms with Gasteiger partial charge in [0.1, 0.15) is 11.5 Å². The van der Waals surface area contributed by atoms with Crippen molar-refractivity contribution in [3.63, 3.8) is 0 Å². The first-order chi connectivity index (χ1) is 9.79. The van der Waals surface area contributed by atoms with Crippen molar-refractivity contribution >= 4 is 11.7 Å². The molecule has 1 aromatic rings. The van der Waals surface area contributed by atoms with Crippen LogP contribution >= 0.6 is 0 Å². The standard InChI is InChI=1S/C14H22N4O2/c1-2-5-15-13-9-17-12(8-18-13)14(19)16-6-7-20-10-11-3-4-11/h8-9,11H,2-7,10H2,1H3,(H,15,18)(H,16,19). The molecule has 0 unspecified atom stereocenters. The molecular formula is C14H22N4O2. The largest absolute Gasteiger partial charge is 0.379 e. The lowest BCUT2D eigenvalue weighted by Crippen LogP contribution is -2.28. The van der Waals surface area contributed by atoms with E-state index in [2.05, 4.69) is 27.5 Å². The second kappa shape index (κ2) is 7.79. The summed E-state index contributed by atoms with van der Waals surface area (Å²) in [5.41, 5.74) is 0.328. The monoisotopic (exact) mass is 278 g/mol. The summed E-state index contributed by atoms with van der Waals surface area (Å²) in [6.45, 7) is 4.79. The predicted molar refractivity (Wildman–Crippen MR) is 76.7 cm³/mol. The number of amides is 1. The highest BCUT2D eigenvalue weighted by atomic mass is 16.5. The normalized spacial score (nSPS) is 14.1. The second-order valence-electron chi connectivity index (χ2n) is 4.99. The van der Waals surface area contributed by atoms with Crippen LogP contribution in [0.1, 0.15) is 36.7 Å². The summed E-state index contributed by atoms with van der Waals surface area (Å²) in [5.74, 6) is 1.23. The first-order valence-corrected chi connectivity index (χ1v) is 7.21. The quantitative estimate of drug-likeness (QED) is 0.669. The second-order valence-corrected chi connectivity index (χ2v) is 4.99. The summed E-state index contributed by atoms with van der Waals surface area (Å²) >= 11 is 0. The molecule has 1 aromatic heterocycles. The summed E-state index contributed by atoms with van der Waals surface area (Å²) < 4.78 is 5.45. The van der Waals surface area contributed by atoms with Gasteiger partial charge in [-0.2, -0.15) is 0 Å². The number of carbonyl (C=O) groups is 1. The lowest BCUT2D eigenvalue weighted by Gasteiger charge is -2.06. The Bertz CT molecular complexity index is 418. The van der Waals surface area contributed by atoms with Crippen molar-refractivity contribution in [1.29, 1.82) is 0 Å². The van der Waals surface area contributed by atoms with Gasteiger partial charge in [0.05, 0.1) is 19.0 Å². The molecule has 2 N–H and O–H groups in total. The number of hydrogen-bond donors (Lipinski definition) is 2. The molecule has 1 heterocycles. The molecule has 0 aliphatic heterocycles. The zero-order chi connectivity index (χ0) is 14.2. The molecule has 6 heteroatoms. The van der Waals surface area contributed by atoms with Gasteiger partial charge in [0.25, 0.3) is 5.91 Å². The molecule has 0 aromatic carbocycles. The molecular weight excluding hydrogens is 256 g/mol. The summed E-state index contributed by atoms with van der Waals surface area (Å²) in [7, 11) is 0. The third-order valence-electron chi connectivity index (χ3n) is 3.02. The minimum absolute atomic E-state index is 0.213. The molecule has 1 aliphatic rings. The van der Waals surface area contributed by atoms with Gasteiger partial charge in [-0.3, -0.25) is 4.79 Å². The molecule has 6 nitrogen and oxygen atoms in total. The van der Waals surface area contributed by atoms with Crippen molar-refractivity contribution in [3.8, 4) is 0 Å². The van der Waals surface area contributed by atoms with Crippen molar-refractivity contribution < 1.29 is 9.53 Å². The predicted octanol–water partition coefficient (Wildman–Crippen LogP) is 1.45. The van der Waals surface area contributed by atoms with Gasteiger partial charge in [0.15, 0.2) is 0 Å². The summed E-state index contributed by atoms with van der Waals surface area (Å²) in [6.07, 6.45) is 6.64. The fourth-order valence-electron chi connectivity index (χ4n) is 1.65. The molecule has 1 fully saturated rings. The highest BCUT2D eigenvalue weighted by Gasteiger charge is 2.20. The highest BCUT2D eigenvalue weighted by Crippen LogP contribution is 2.28. The smallest absolute Gasteiger partial charge is 0.271 e. The van der Waals surface area contributed by atoms with Crippen LogP contribution in [0.5, 0.6) is 0 Å². The zero-order valence-electron chi connectivity index (χ0n) is 11.9. The lowest BCUT2D eigenvalue weighted by molar-refractivity contribution is 0.0901. The topological polar surface area (TPSA) is 76.1 Å². The van der Waals surface area contributed by atoms with Crippen molar-refractivity contribution in [2.75, 3.05) is 31.6 Å². The van der Waals surface area contributed by atoms with E-state index >= 15 is 0 Å². The first-order valence-electron chi connectivity index (χ1n) is 7.21. The van der Waals surface area contributed by atoms with Gasteiger partial charge in [0.2, 0.25) is 0 Å². The summed E-state index contributed by atoms with van der Waals surface area (Å²) in [6, 6.07) is 0. The zero-order valence-corrected chi connectivity index (χ0v) is 11.9. The van der Waals surface area contributed by atoms with Gasteiger partial charge in [-0.25, -0.2) is 9.97 Å². The number of nitrogens with one attached hydrogen (secondary N) is 2. The van der Waals surface area contributed by atoms with E-state index in [1.165, 1.54) is 19.0 Å². The van der Waals surface area contributed by atoms with Crippen LogP contribution < -0.4 is 10.6 Å². The van der Waals surface area contributed by atoms with Crippen LogP contribution in [0, 0.1) is 5.92 Å². The highest BCUT2D eigenvalue weighted by molar-refractivity contribution is 5.91. The molecule has 0 saturated heterocycles. The molecule has 1 aliphatic carbocycles. The van der Waals surface area contributed by atoms with Crippen molar-refractivity contribution in [1.82, 2.24) is 15.3 Å². The van der Waals surface area contributed by atoms with E-state index in [0.717, 1.165) is 25.5 Å². The Morgan fingerprint density at radius 2 is 2.20 bits per heavy atom. The molecule has 0 spiro atoms. The molecule has 0 bridgehead atoms. The Hall–Kier alpha value is -1.69. The average molecular weight is 278 g/mol. The number of anilines is 1. The van der Waals surface area contributed by atoms with Crippen molar-refractivity contribution in [2.45, 2.75) is 26.2 Å². The number of hydrogen-bond acceptors (Lipinski definition) is 5. The number of ether oxygens (including phenoxy) is 1. The Kier molecular flexibility index (Phi) is 5.73. The fourth-order valence-corrected chi connectivity index (χ4v) is 1.65. The minimum atomic E-state index is -0.213. The van der Waals surface area contributed by atoms with E-state index in [1.54, 1.807) is 6.20 Å². The van der Waals surface area contributed by atoms with Gasteiger partial charge in [-0.05, 0) is 25.2 Å². The number of rotatable bonds is 9. The van der Waals surface area contributed by atoms with Crippen LogP contribution in [0.15, 0.2) is 12.4 Å². The molecule has 1 amide bonds.